The van der Waals surface area contributed by atoms with Crippen LogP contribution in [0.1, 0.15) is 44.1 Å². The summed E-state index contributed by atoms with van der Waals surface area (Å²) in [5, 5.41) is 3.09. The van der Waals surface area contributed by atoms with Crippen LogP contribution in [0.3, 0.4) is 0 Å². The molecule has 25 heavy (non-hydrogen) atoms. The topological polar surface area (TPSA) is 50.8 Å². The molecule has 0 radical (unpaired) electrons. The molecule has 0 unspecified atom stereocenters. The molecule has 3 rings (SSSR count). The quantitative estimate of drug-likeness (QED) is 0.786. The molecule has 0 spiro atoms. The molecule has 5 heteroatoms. The molecule has 1 aliphatic carbocycles. The number of hydrogen-bond acceptors (Lipinski definition) is 4. The maximum Gasteiger partial charge on any atom is 0.220 e. The number of likely N-dealkylation sites (tertiary alicyclic amines) is 1. The predicted octanol–water partition coefficient (Wildman–Crippen LogP) is 2.97. The van der Waals surface area contributed by atoms with E-state index in [0.29, 0.717) is 18.4 Å². The number of nitrogens with zero attached hydrogens (tertiary/aromatic N) is 1. The molecule has 1 atom stereocenters. The Labute approximate surface area is 150 Å². The van der Waals surface area contributed by atoms with E-state index in [4.69, 9.17) is 9.47 Å². The summed E-state index contributed by atoms with van der Waals surface area (Å²) in [6.45, 7) is 3.12. The third-order valence-corrected chi connectivity index (χ3v) is 5.18. The lowest BCUT2D eigenvalue weighted by molar-refractivity contribution is -0.121. The van der Waals surface area contributed by atoms with Crippen molar-refractivity contribution < 1.29 is 14.3 Å². The zero-order valence-corrected chi connectivity index (χ0v) is 15.4. The van der Waals surface area contributed by atoms with E-state index in [9.17, 15) is 4.79 Å². The second kappa shape index (κ2) is 8.56. The summed E-state index contributed by atoms with van der Waals surface area (Å²) in [4.78, 5) is 14.4. The number of hydrogen-bond donors (Lipinski definition) is 1. The maximum atomic E-state index is 11.9. The number of amides is 1. The molecule has 1 aromatic carbocycles. The molecule has 1 aromatic rings. The van der Waals surface area contributed by atoms with Crippen LogP contribution in [0.5, 0.6) is 11.5 Å². The fourth-order valence-corrected chi connectivity index (χ4v) is 3.63. The first-order chi connectivity index (χ1) is 12.2. The molecule has 1 heterocycles. The van der Waals surface area contributed by atoms with Crippen LogP contribution in [0.25, 0.3) is 0 Å². The molecule has 1 saturated heterocycles. The van der Waals surface area contributed by atoms with Gasteiger partial charge in [0.2, 0.25) is 5.91 Å². The van der Waals surface area contributed by atoms with Gasteiger partial charge in [-0.25, -0.2) is 0 Å². The van der Waals surface area contributed by atoms with Gasteiger partial charge in [-0.05, 0) is 62.3 Å². The average Bonchev–Trinajstić information content (AvgIpc) is 3.44. The average molecular weight is 346 g/mol. The number of nitrogens with one attached hydrogen (secondary N) is 1. The maximum absolute atomic E-state index is 11.9. The van der Waals surface area contributed by atoms with Crippen molar-refractivity contribution in [1.29, 1.82) is 0 Å². The molecular weight excluding hydrogens is 316 g/mol. The van der Waals surface area contributed by atoms with Gasteiger partial charge in [0.25, 0.3) is 0 Å². The van der Waals surface area contributed by atoms with Crippen LogP contribution >= 0.6 is 0 Å². The Morgan fingerprint density at radius 3 is 2.72 bits per heavy atom. The minimum Gasteiger partial charge on any atom is -0.493 e. The van der Waals surface area contributed by atoms with E-state index in [-0.39, 0.29) is 5.91 Å². The van der Waals surface area contributed by atoms with Crippen LogP contribution in [0, 0.1) is 5.92 Å². The van der Waals surface area contributed by atoms with Gasteiger partial charge >= 0.3 is 0 Å². The Hall–Kier alpha value is -1.75. The fourth-order valence-electron chi connectivity index (χ4n) is 3.63. The first kappa shape index (κ1) is 18.1. The summed E-state index contributed by atoms with van der Waals surface area (Å²) in [6.07, 6.45) is 6.44. The molecule has 0 aromatic heterocycles. The number of ether oxygens (including phenoxy) is 2. The monoisotopic (exact) mass is 346 g/mol. The van der Waals surface area contributed by atoms with Crippen molar-refractivity contribution in [3.8, 4) is 11.5 Å². The molecule has 1 aliphatic heterocycles. The van der Waals surface area contributed by atoms with Crippen LogP contribution in [-0.4, -0.2) is 44.2 Å². The lowest BCUT2D eigenvalue weighted by Gasteiger charge is -2.32. The number of piperidine rings is 1. The van der Waals surface area contributed by atoms with Crippen LogP contribution in [0.4, 0.5) is 0 Å². The van der Waals surface area contributed by atoms with Crippen LogP contribution in [0.15, 0.2) is 18.2 Å². The Morgan fingerprint density at radius 2 is 2.00 bits per heavy atom. The largest absolute Gasteiger partial charge is 0.493 e. The van der Waals surface area contributed by atoms with Crippen molar-refractivity contribution in [2.75, 3.05) is 27.3 Å². The highest BCUT2D eigenvalue weighted by atomic mass is 16.5. The highest BCUT2D eigenvalue weighted by Crippen LogP contribution is 2.29. The van der Waals surface area contributed by atoms with Gasteiger partial charge in [-0.2, -0.15) is 0 Å². The lowest BCUT2D eigenvalue weighted by atomic mass is 9.93. The highest BCUT2D eigenvalue weighted by molar-refractivity contribution is 5.76. The Kier molecular flexibility index (Phi) is 6.19. The van der Waals surface area contributed by atoms with Gasteiger partial charge in [-0.3, -0.25) is 9.69 Å². The van der Waals surface area contributed by atoms with Gasteiger partial charge in [0.1, 0.15) is 0 Å². The predicted molar refractivity (Wildman–Crippen MR) is 97.9 cm³/mol. The third-order valence-electron chi connectivity index (χ3n) is 5.18. The summed E-state index contributed by atoms with van der Waals surface area (Å²) >= 11 is 0. The van der Waals surface area contributed by atoms with Crippen LogP contribution < -0.4 is 14.8 Å². The molecule has 5 nitrogen and oxygen atoms in total. The minimum atomic E-state index is 0.236. The lowest BCUT2D eigenvalue weighted by Crippen LogP contribution is -2.35. The Morgan fingerprint density at radius 1 is 1.20 bits per heavy atom. The van der Waals surface area contributed by atoms with Gasteiger partial charge in [-0.15, -0.1) is 0 Å². The second-order valence-electron chi connectivity index (χ2n) is 7.31. The van der Waals surface area contributed by atoms with E-state index in [1.165, 1.54) is 18.4 Å². The normalized spacial score (nSPS) is 21.0. The van der Waals surface area contributed by atoms with Crippen LogP contribution in [-0.2, 0) is 11.3 Å². The van der Waals surface area contributed by atoms with E-state index in [0.717, 1.165) is 50.4 Å². The molecule has 1 amide bonds. The van der Waals surface area contributed by atoms with E-state index in [1.54, 1.807) is 14.2 Å². The molecule has 2 fully saturated rings. The van der Waals surface area contributed by atoms with Gasteiger partial charge in [-0.1, -0.05) is 6.07 Å². The highest BCUT2D eigenvalue weighted by Gasteiger charge is 2.25. The summed E-state index contributed by atoms with van der Waals surface area (Å²) in [5.41, 5.74) is 1.24. The van der Waals surface area contributed by atoms with Gasteiger partial charge in [0, 0.05) is 25.6 Å². The number of rotatable bonds is 8. The summed E-state index contributed by atoms with van der Waals surface area (Å²) in [5.74, 6) is 2.41. The number of carbonyl (C=O) groups excluding carboxylic acids is 1. The van der Waals surface area contributed by atoms with Crippen molar-refractivity contribution >= 4 is 5.91 Å². The smallest absolute Gasteiger partial charge is 0.220 e. The van der Waals surface area contributed by atoms with Crippen molar-refractivity contribution in [3.05, 3.63) is 23.8 Å². The van der Waals surface area contributed by atoms with Crippen molar-refractivity contribution in [3.63, 3.8) is 0 Å². The first-order valence-electron chi connectivity index (χ1n) is 9.40. The summed E-state index contributed by atoms with van der Waals surface area (Å²) < 4.78 is 10.7. The standard InChI is InChI=1S/C20H30N2O3/c1-24-18-9-5-16(12-19(18)25-2)14-22-11-3-4-15(13-22)6-10-20(23)21-17-7-8-17/h5,9,12,15,17H,3-4,6-8,10-11,13-14H2,1-2H3,(H,21,23)/t15-/m0/s1. The molecular formula is C20H30N2O3. The zero-order valence-electron chi connectivity index (χ0n) is 15.4. The summed E-state index contributed by atoms with van der Waals surface area (Å²) in [7, 11) is 3.33. The Balaban J connectivity index is 1.48. The molecule has 1 N–H and O–H groups in total. The second-order valence-corrected chi connectivity index (χ2v) is 7.31. The summed E-state index contributed by atoms with van der Waals surface area (Å²) in [6, 6.07) is 6.61. The SMILES string of the molecule is COc1ccc(CN2CCC[C@@H](CCC(=O)NC3CC3)C2)cc1OC. The number of benzene rings is 1. The fraction of sp³-hybridized carbons (Fsp3) is 0.650. The zero-order chi connectivity index (χ0) is 17.6. The van der Waals surface area contributed by atoms with Crippen LogP contribution in [0.2, 0.25) is 0 Å². The van der Waals surface area contributed by atoms with Crippen molar-refractivity contribution in [2.24, 2.45) is 5.92 Å². The van der Waals surface area contributed by atoms with E-state index >= 15 is 0 Å². The third kappa shape index (κ3) is 5.36. The van der Waals surface area contributed by atoms with Crippen molar-refractivity contribution in [2.45, 2.75) is 51.1 Å². The number of carbonyl (C=O) groups is 1. The molecule has 2 aliphatic rings. The van der Waals surface area contributed by atoms with Gasteiger partial charge in [0.05, 0.1) is 14.2 Å². The minimum absolute atomic E-state index is 0.236. The molecule has 138 valence electrons. The van der Waals surface area contributed by atoms with Crippen molar-refractivity contribution in [1.82, 2.24) is 10.2 Å². The van der Waals surface area contributed by atoms with Gasteiger partial charge in [0.15, 0.2) is 11.5 Å². The number of methoxy groups -OCH3 is 2. The van der Waals surface area contributed by atoms with E-state index in [1.807, 2.05) is 6.07 Å². The Bertz CT molecular complexity index is 586. The van der Waals surface area contributed by atoms with E-state index < -0.39 is 0 Å². The molecule has 0 bridgehead atoms. The van der Waals surface area contributed by atoms with Gasteiger partial charge < -0.3 is 14.8 Å². The first-order valence-corrected chi connectivity index (χ1v) is 9.40. The van der Waals surface area contributed by atoms with E-state index in [2.05, 4.69) is 22.3 Å². The molecule has 1 saturated carbocycles.